The van der Waals surface area contributed by atoms with E-state index in [4.69, 9.17) is 9.47 Å². The van der Waals surface area contributed by atoms with Crippen LogP contribution in [0.2, 0.25) is 0 Å². The van der Waals surface area contributed by atoms with Crippen LogP contribution in [0.25, 0.3) is 0 Å². The van der Waals surface area contributed by atoms with Crippen molar-refractivity contribution in [3.05, 3.63) is 53.6 Å². The Balaban J connectivity index is 1.56. The van der Waals surface area contributed by atoms with Gasteiger partial charge in [-0.25, -0.2) is 0 Å². The molecule has 0 bridgehead atoms. The third-order valence-electron chi connectivity index (χ3n) is 5.15. The Morgan fingerprint density at radius 1 is 1.13 bits per heavy atom. The van der Waals surface area contributed by atoms with Gasteiger partial charge in [-0.15, -0.1) is 0 Å². The van der Waals surface area contributed by atoms with Crippen molar-refractivity contribution in [2.24, 2.45) is 5.92 Å². The molecule has 6 heteroatoms. The summed E-state index contributed by atoms with van der Waals surface area (Å²) in [6.07, 6.45) is 2.45. The van der Waals surface area contributed by atoms with Crippen LogP contribution in [0.15, 0.2) is 42.5 Å². The molecule has 3 rings (SSSR count). The minimum Gasteiger partial charge on any atom is -0.493 e. The molecule has 2 aromatic rings. The van der Waals surface area contributed by atoms with E-state index in [9.17, 15) is 9.59 Å². The van der Waals surface area contributed by atoms with Gasteiger partial charge in [0.1, 0.15) is 0 Å². The normalized spacial score (nSPS) is 13.6. The zero-order valence-electron chi connectivity index (χ0n) is 17.9. The summed E-state index contributed by atoms with van der Waals surface area (Å²) in [6, 6.07) is 12.8. The second kappa shape index (κ2) is 10.1. The molecular weight excluding hydrogens is 380 g/mol. The average molecular weight is 411 g/mol. The molecule has 0 aliphatic carbocycles. The fourth-order valence-corrected chi connectivity index (χ4v) is 3.34. The highest BCUT2D eigenvalue weighted by Crippen LogP contribution is 2.28. The first-order valence-corrected chi connectivity index (χ1v) is 10.5. The van der Waals surface area contributed by atoms with Crippen LogP contribution in [0.3, 0.4) is 0 Å². The Kier molecular flexibility index (Phi) is 7.33. The van der Waals surface area contributed by atoms with Crippen molar-refractivity contribution in [3.8, 4) is 11.5 Å². The Morgan fingerprint density at radius 2 is 1.90 bits per heavy atom. The van der Waals surface area contributed by atoms with Gasteiger partial charge in [-0.3, -0.25) is 9.59 Å². The number of rotatable bonds is 9. The topological polar surface area (TPSA) is 67.9 Å². The van der Waals surface area contributed by atoms with Crippen molar-refractivity contribution in [3.63, 3.8) is 0 Å². The van der Waals surface area contributed by atoms with Crippen molar-refractivity contribution in [1.29, 1.82) is 0 Å². The van der Waals surface area contributed by atoms with Crippen LogP contribution in [-0.4, -0.2) is 32.1 Å². The van der Waals surface area contributed by atoms with E-state index >= 15 is 0 Å². The molecule has 6 nitrogen and oxygen atoms in total. The van der Waals surface area contributed by atoms with Gasteiger partial charge in [-0.05, 0) is 60.7 Å². The van der Waals surface area contributed by atoms with E-state index in [0.29, 0.717) is 42.6 Å². The molecule has 1 heterocycles. The minimum atomic E-state index is -0.162. The van der Waals surface area contributed by atoms with E-state index < -0.39 is 0 Å². The van der Waals surface area contributed by atoms with E-state index in [1.165, 1.54) is 0 Å². The van der Waals surface area contributed by atoms with E-state index in [-0.39, 0.29) is 11.8 Å². The monoisotopic (exact) mass is 410 g/mol. The second-order valence-corrected chi connectivity index (χ2v) is 7.89. The number of ether oxygens (including phenoxy) is 2. The second-order valence-electron chi connectivity index (χ2n) is 7.89. The van der Waals surface area contributed by atoms with Gasteiger partial charge in [-0.1, -0.05) is 19.9 Å². The van der Waals surface area contributed by atoms with E-state index in [1.54, 1.807) is 24.1 Å². The van der Waals surface area contributed by atoms with Crippen LogP contribution >= 0.6 is 0 Å². The number of hydrogen-bond donors (Lipinski definition) is 1. The zero-order valence-corrected chi connectivity index (χ0v) is 17.9. The first-order chi connectivity index (χ1) is 14.5. The highest BCUT2D eigenvalue weighted by molar-refractivity contribution is 5.97. The van der Waals surface area contributed by atoms with Crippen LogP contribution in [0.1, 0.15) is 49.0 Å². The maximum Gasteiger partial charge on any atom is 0.251 e. The lowest BCUT2D eigenvalue weighted by molar-refractivity contribution is -0.117. The molecule has 2 aromatic carbocycles. The van der Waals surface area contributed by atoms with Gasteiger partial charge in [0.15, 0.2) is 11.5 Å². The Bertz CT molecular complexity index is 877. The molecule has 0 atom stereocenters. The number of benzene rings is 2. The van der Waals surface area contributed by atoms with Gasteiger partial charge in [-0.2, -0.15) is 0 Å². The summed E-state index contributed by atoms with van der Waals surface area (Å²) in [6.45, 7) is 6.08. The fourth-order valence-electron chi connectivity index (χ4n) is 3.34. The van der Waals surface area contributed by atoms with Gasteiger partial charge in [0.2, 0.25) is 5.91 Å². The molecule has 160 valence electrons. The molecule has 0 radical (unpaired) electrons. The summed E-state index contributed by atoms with van der Waals surface area (Å²) >= 11 is 0. The molecule has 0 aromatic heterocycles. The lowest BCUT2D eigenvalue weighted by Crippen LogP contribution is -2.25. The quantitative estimate of drug-likeness (QED) is 0.674. The SMILES string of the molecule is COc1cc(CNC(=O)c2ccc(N3CCCC3=O)cc2)ccc1OCCC(C)C. The Labute approximate surface area is 178 Å². The average Bonchev–Trinajstić information content (AvgIpc) is 3.18. The molecular formula is C24H30N2O4. The number of amides is 2. The number of carbonyl (C=O) groups excluding carboxylic acids is 2. The zero-order chi connectivity index (χ0) is 21.5. The number of nitrogens with one attached hydrogen (secondary N) is 1. The molecule has 1 N–H and O–H groups in total. The van der Waals surface area contributed by atoms with E-state index in [2.05, 4.69) is 19.2 Å². The Hall–Kier alpha value is -3.02. The van der Waals surface area contributed by atoms with Crippen LogP contribution < -0.4 is 19.7 Å². The molecule has 1 aliphatic rings. The molecule has 0 saturated carbocycles. The standard InChI is InChI=1S/C24H30N2O4/c1-17(2)12-14-30-21-11-6-18(15-22(21)29-3)16-25-24(28)19-7-9-20(10-8-19)26-13-4-5-23(26)27/h6-11,15,17H,4-5,12-14,16H2,1-3H3,(H,25,28). The maximum absolute atomic E-state index is 12.5. The van der Waals surface area contributed by atoms with E-state index in [0.717, 1.165) is 30.6 Å². The molecule has 1 aliphatic heterocycles. The van der Waals surface area contributed by atoms with Crippen LogP contribution in [0.5, 0.6) is 11.5 Å². The fraction of sp³-hybridized carbons (Fsp3) is 0.417. The minimum absolute atomic E-state index is 0.137. The van der Waals surface area contributed by atoms with Crippen molar-refractivity contribution in [2.45, 2.75) is 39.7 Å². The molecule has 1 saturated heterocycles. The first kappa shape index (κ1) is 21.7. The molecule has 1 fully saturated rings. The molecule has 2 amide bonds. The number of carbonyl (C=O) groups is 2. The largest absolute Gasteiger partial charge is 0.493 e. The third-order valence-corrected chi connectivity index (χ3v) is 5.15. The molecule has 0 unspecified atom stereocenters. The number of methoxy groups -OCH3 is 1. The molecule has 0 spiro atoms. The van der Waals surface area contributed by atoms with Crippen molar-refractivity contribution >= 4 is 17.5 Å². The van der Waals surface area contributed by atoms with Gasteiger partial charge < -0.3 is 19.7 Å². The summed E-state index contributed by atoms with van der Waals surface area (Å²) < 4.78 is 11.2. The van der Waals surface area contributed by atoms with Crippen molar-refractivity contribution in [2.75, 3.05) is 25.2 Å². The smallest absolute Gasteiger partial charge is 0.251 e. The highest BCUT2D eigenvalue weighted by Gasteiger charge is 2.21. The van der Waals surface area contributed by atoms with Gasteiger partial charge in [0.05, 0.1) is 13.7 Å². The van der Waals surface area contributed by atoms with Crippen molar-refractivity contribution in [1.82, 2.24) is 5.32 Å². The van der Waals surface area contributed by atoms with Crippen LogP contribution in [0, 0.1) is 5.92 Å². The predicted molar refractivity (Wildman–Crippen MR) is 117 cm³/mol. The lowest BCUT2D eigenvalue weighted by atomic mass is 10.1. The van der Waals surface area contributed by atoms with Gasteiger partial charge >= 0.3 is 0 Å². The van der Waals surface area contributed by atoms with Gasteiger partial charge in [0.25, 0.3) is 5.91 Å². The van der Waals surface area contributed by atoms with Crippen molar-refractivity contribution < 1.29 is 19.1 Å². The predicted octanol–water partition coefficient (Wildman–Crippen LogP) is 4.18. The van der Waals surface area contributed by atoms with E-state index in [1.807, 2.05) is 30.3 Å². The highest BCUT2D eigenvalue weighted by atomic mass is 16.5. The first-order valence-electron chi connectivity index (χ1n) is 10.5. The van der Waals surface area contributed by atoms with Crippen LogP contribution in [0.4, 0.5) is 5.69 Å². The summed E-state index contributed by atoms with van der Waals surface area (Å²) in [5.41, 5.74) is 2.33. The Morgan fingerprint density at radius 3 is 2.53 bits per heavy atom. The summed E-state index contributed by atoms with van der Waals surface area (Å²) in [5, 5.41) is 2.93. The third kappa shape index (κ3) is 5.53. The number of anilines is 1. The van der Waals surface area contributed by atoms with Crippen LogP contribution in [-0.2, 0) is 11.3 Å². The summed E-state index contributed by atoms with van der Waals surface area (Å²) in [5.74, 6) is 1.92. The number of nitrogens with zero attached hydrogens (tertiary/aromatic N) is 1. The van der Waals surface area contributed by atoms with Gasteiger partial charge in [0, 0.05) is 30.8 Å². The summed E-state index contributed by atoms with van der Waals surface area (Å²) in [7, 11) is 1.61. The number of hydrogen-bond acceptors (Lipinski definition) is 4. The maximum atomic E-state index is 12.5. The summed E-state index contributed by atoms with van der Waals surface area (Å²) in [4.78, 5) is 26.1. The lowest BCUT2D eigenvalue weighted by Gasteiger charge is -2.16. The molecule has 30 heavy (non-hydrogen) atoms.